The molecule has 0 spiro atoms. The highest BCUT2D eigenvalue weighted by atomic mass is 16.6. The summed E-state index contributed by atoms with van der Waals surface area (Å²) in [5, 5.41) is 11.6. The van der Waals surface area contributed by atoms with Gasteiger partial charge in [0.05, 0.1) is 17.1 Å². The Kier molecular flexibility index (Phi) is 5.22. The number of morpholine rings is 1. The first-order valence-electron chi connectivity index (χ1n) is 8.94. The van der Waals surface area contributed by atoms with E-state index in [-0.39, 0.29) is 28.7 Å². The maximum Gasteiger partial charge on any atom is 0.293 e. The van der Waals surface area contributed by atoms with Gasteiger partial charge in [0.25, 0.3) is 11.6 Å². The Morgan fingerprint density at radius 1 is 1.16 bits per heavy atom. The molecule has 2 fully saturated rings. The SMILES string of the molecule is C[C@@H]1CN(C(=O)c2ccc(N3CCCCC3)c([N+](=O)[O-])c2)C[C@@H](C)O1. The van der Waals surface area contributed by atoms with Crippen LogP contribution < -0.4 is 4.90 Å². The topological polar surface area (TPSA) is 75.9 Å². The predicted molar refractivity (Wildman–Crippen MR) is 95.1 cm³/mol. The first-order chi connectivity index (χ1) is 12.0. The van der Waals surface area contributed by atoms with Crippen molar-refractivity contribution in [2.75, 3.05) is 31.1 Å². The van der Waals surface area contributed by atoms with Crippen molar-refractivity contribution in [3.05, 3.63) is 33.9 Å². The molecule has 136 valence electrons. The van der Waals surface area contributed by atoms with E-state index in [4.69, 9.17) is 4.74 Å². The summed E-state index contributed by atoms with van der Waals surface area (Å²) in [6.07, 6.45) is 3.18. The molecule has 2 saturated heterocycles. The number of nitrogens with zero attached hydrogens (tertiary/aromatic N) is 3. The largest absolute Gasteiger partial charge is 0.372 e. The zero-order valence-electron chi connectivity index (χ0n) is 14.8. The molecule has 0 N–H and O–H groups in total. The maximum absolute atomic E-state index is 12.8. The lowest BCUT2D eigenvalue weighted by Gasteiger charge is -2.35. The van der Waals surface area contributed by atoms with Crippen LogP contribution in [0.4, 0.5) is 11.4 Å². The van der Waals surface area contributed by atoms with E-state index in [2.05, 4.69) is 4.90 Å². The van der Waals surface area contributed by atoms with Crippen molar-refractivity contribution >= 4 is 17.3 Å². The Morgan fingerprint density at radius 3 is 2.40 bits per heavy atom. The predicted octanol–water partition coefficient (Wildman–Crippen LogP) is 2.83. The van der Waals surface area contributed by atoms with Crippen LogP contribution in [0.1, 0.15) is 43.5 Å². The molecular weight excluding hydrogens is 322 g/mol. The van der Waals surface area contributed by atoms with E-state index in [1.807, 2.05) is 13.8 Å². The van der Waals surface area contributed by atoms with Gasteiger partial charge in [-0.3, -0.25) is 14.9 Å². The van der Waals surface area contributed by atoms with Crippen LogP contribution in [0.5, 0.6) is 0 Å². The number of piperidine rings is 1. The maximum atomic E-state index is 12.8. The van der Waals surface area contributed by atoms with Gasteiger partial charge in [-0.15, -0.1) is 0 Å². The second kappa shape index (κ2) is 7.39. The third-order valence-electron chi connectivity index (χ3n) is 4.82. The fourth-order valence-corrected chi connectivity index (χ4v) is 3.73. The van der Waals surface area contributed by atoms with E-state index in [1.165, 1.54) is 6.07 Å². The smallest absolute Gasteiger partial charge is 0.293 e. The molecule has 25 heavy (non-hydrogen) atoms. The minimum atomic E-state index is -0.384. The molecule has 2 aliphatic rings. The lowest BCUT2D eigenvalue weighted by atomic mass is 10.1. The van der Waals surface area contributed by atoms with E-state index in [0.717, 1.165) is 32.4 Å². The Bertz CT molecular complexity index is 648. The molecule has 2 aliphatic heterocycles. The Morgan fingerprint density at radius 2 is 1.80 bits per heavy atom. The summed E-state index contributed by atoms with van der Waals surface area (Å²) in [5.74, 6) is -0.171. The molecule has 1 amide bonds. The Labute approximate surface area is 147 Å². The molecular formula is C18H25N3O4. The van der Waals surface area contributed by atoms with Gasteiger partial charge in [-0.2, -0.15) is 0 Å². The molecule has 0 aliphatic carbocycles. The standard InChI is InChI=1S/C18H25N3O4/c1-13-11-20(12-14(2)25-13)18(22)15-6-7-16(17(10-15)21(23)24)19-8-4-3-5-9-19/h6-7,10,13-14H,3-5,8-9,11-12H2,1-2H3/t13-,14-/m1/s1. The second-order valence-corrected chi connectivity index (χ2v) is 6.98. The molecule has 7 heteroatoms. The Hall–Kier alpha value is -2.15. The quantitative estimate of drug-likeness (QED) is 0.621. The summed E-state index contributed by atoms with van der Waals surface area (Å²) < 4.78 is 5.65. The van der Waals surface area contributed by atoms with Gasteiger partial charge < -0.3 is 14.5 Å². The van der Waals surface area contributed by atoms with E-state index >= 15 is 0 Å². The zero-order chi connectivity index (χ0) is 18.0. The van der Waals surface area contributed by atoms with Crippen molar-refractivity contribution in [1.82, 2.24) is 4.90 Å². The molecule has 0 bridgehead atoms. The van der Waals surface area contributed by atoms with Gasteiger partial charge in [0.15, 0.2) is 0 Å². The van der Waals surface area contributed by atoms with Crippen LogP contribution in [0.3, 0.4) is 0 Å². The summed E-state index contributed by atoms with van der Waals surface area (Å²) in [6.45, 7) is 6.52. The van der Waals surface area contributed by atoms with Crippen LogP contribution in [0, 0.1) is 10.1 Å². The average Bonchev–Trinajstić information content (AvgIpc) is 2.60. The number of rotatable bonds is 3. The summed E-state index contributed by atoms with van der Waals surface area (Å²) in [4.78, 5) is 27.7. The number of carbonyl (C=O) groups is 1. The van der Waals surface area contributed by atoms with Crippen molar-refractivity contribution in [3.8, 4) is 0 Å². The second-order valence-electron chi connectivity index (χ2n) is 6.98. The minimum absolute atomic E-state index is 0.0158. The van der Waals surface area contributed by atoms with Gasteiger partial charge in [-0.25, -0.2) is 0 Å². The molecule has 1 aromatic carbocycles. The molecule has 1 aromatic rings. The van der Waals surface area contributed by atoms with Crippen LogP contribution in [0.25, 0.3) is 0 Å². The highest BCUT2D eigenvalue weighted by Gasteiger charge is 2.29. The summed E-state index contributed by atoms with van der Waals surface area (Å²) in [6, 6.07) is 4.87. The molecule has 0 aromatic heterocycles. The van der Waals surface area contributed by atoms with Crippen molar-refractivity contribution < 1.29 is 14.5 Å². The molecule has 0 radical (unpaired) electrons. The number of anilines is 1. The number of nitro groups is 1. The van der Waals surface area contributed by atoms with Gasteiger partial charge in [-0.1, -0.05) is 0 Å². The lowest BCUT2D eigenvalue weighted by molar-refractivity contribution is -0.384. The van der Waals surface area contributed by atoms with Gasteiger partial charge in [0, 0.05) is 37.8 Å². The van der Waals surface area contributed by atoms with Crippen LogP contribution >= 0.6 is 0 Å². The van der Waals surface area contributed by atoms with Gasteiger partial charge >= 0.3 is 0 Å². The molecule has 2 atom stereocenters. The highest BCUT2D eigenvalue weighted by Crippen LogP contribution is 2.32. The molecule has 0 saturated carbocycles. The minimum Gasteiger partial charge on any atom is -0.372 e. The Balaban J connectivity index is 1.85. The highest BCUT2D eigenvalue weighted by molar-refractivity contribution is 5.96. The number of hydrogen-bond donors (Lipinski definition) is 0. The van der Waals surface area contributed by atoms with E-state index in [1.54, 1.807) is 17.0 Å². The summed E-state index contributed by atoms with van der Waals surface area (Å²) >= 11 is 0. The lowest BCUT2D eigenvalue weighted by Crippen LogP contribution is -2.48. The van der Waals surface area contributed by atoms with Crippen LogP contribution in [-0.4, -0.2) is 54.1 Å². The number of hydrogen-bond acceptors (Lipinski definition) is 5. The van der Waals surface area contributed by atoms with Gasteiger partial charge in [0.2, 0.25) is 0 Å². The van der Waals surface area contributed by atoms with Crippen molar-refractivity contribution in [2.24, 2.45) is 0 Å². The number of nitro benzene ring substituents is 1. The average molecular weight is 347 g/mol. The molecule has 3 rings (SSSR count). The van der Waals surface area contributed by atoms with E-state index < -0.39 is 0 Å². The van der Waals surface area contributed by atoms with Gasteiger partial charge in [0.1, 0.15) is 5.69 Å². The molecule has 2 heterocycles. The first kappa shape index (κ1) is 17.7. The van der Waals surface area contributed by atoms with Crippen LogP contribution in [-0.2, 0) is 4.74 Å². The zero-order valence-corrected chi connectivity index (χ0v) is 14.8. The van der Waals surface area contributed by atoms with Crippen molar-refractivity contribution in [2.45, 2.75) is 45.3 Å². The third kappa shape index (κ3) is 3.92. The molecule has 0 unspecified atom stereocenters. The number of amides is 1. The number of benzene rings is 1. The van der Waals surface area contributed by atoms with E-state index in [0.29, 0.717) is 24.3 Å². The van der Waals surface area contributed by atoms with E-state index in [9.17, 15) is 14.9 Å². The fourth-order valence-electron chi connectivity index (χ4n) is 3.73. The normalized spacial score (nSPS) is 24.2. The summed E-state index contributed by atoms with van der Waals surface area (Å²) in [7, 11) is 0. The number of carbonyl (C=O) groups excluding carboxylic acids is 1. The van der Waals surface area contributed by atoms with Crippen molar-refractivity contribution in [3.63, 3.8) is 0 Å². The summed E-state index contributed by atoms with van der Waals surface area (Å²) in [5.41, 5.74) is 1.00. The monoisotopic (exact) mass is 347 g/mol. The first-order valence-corrected chi connectivity index (χ1v) is 8.94. The number of ether oxygens (including phenoxy) is 1. The molecule has 7 nitrogen and oxygen atoms in total. The van der Waals surface area contributed by atoms with Crippen LogP contribution in [0.2, 0.25) is 0 Å². The van der Waals surface area contributed by atoms with Gasteiger partial charge in [-0.05, 0) is 45.2 Å². The third-order valence-corrected chi connectivity index (χ3v) is 4.82. The van der Waals surface area contributed by atoms with Crippen molar-refractivity contribution in [1.29, 1.82) is 0 Å². The van der Waals surface area contributed by atoms with Crippen LogP contribution in [0.15, 0.2) is 18.2 Å². The fraction of sp³-hybridized carbons (Fsp3) is 0.611.